The molecule has 0 saturated carbocycles. The van der Waals surface area contributed by atoms with Gasteiger partial charge in [-0.3, -0.25) is 9.55 Å². The third-order valence-electron chi connectivity index (χ3n) is 3.64. The van der Waals surface area contributed by atoms with Crippen molar-refractivity contribution >= 4 is 11.0 Å². The summed E-state index contributed by atoms with van der Waals surface area (Å²) >= 11 is 0. The first kappa shape index (κ1) is 12.8. The molecule has 0 aliphatic carbocycles. The smallest absolute Gasteiger partial charge is 0.100 e. The van der Waals surface area contributed by atoms with Crippen LogP contribution in [-0.2, 0) is 0 Å². The van der Waals surface area contributed by atoms with Gasteiger partial charge in [-0.15, -0.1) is 0 Å². The number of aromatic nitrogens is 3. The maximum absolute atomic E-state index is 9.50. The molecule has 4 nitrogen and oxygen atoms in total. The molecule has 0 spiro atoms. The van der Waals surface area contributed by atoms with Gasteiger partial charge in [0.1, 0.15) is 6.33 Å². The molecule has 3 rings (SSSR count). The summed E-state index contributed by atoms with van der Waals surface area (Å²) in [5.41, 5.74) is 6.15. The maximum atomic E-state index is 9.50. The number of hydrogen-bond acceptors (Lipinski definition) is 3. The molecule has 0 bridgehead atoms. The number of aliphatic hydroxyl groups is 1. The normalized spacial score (nSPS) is 12.8. The number of benzene rings is 1. The van der Waals surface area contributed by atoms with Crippen LogP contribution in [0.5, 0.6) is 0 Å². The standard InChI is InChI=1S/C16H17N3O/c1-10-6-15-16(7-11(10)2)19(9-18-15)13-4-5-14(12(3)20)17-8-13/h4-9,12,20H,1-3H3/t12-/m0/s1. The van der Waals surface area contributed by atoms with Crippen LogP contribution in [0, 0.1) is 13.8 Å². The highest BCUT2D eigenvalue weighted by molar-refractivity contribution is 5.79. The Kier molecular flexibility index (Phi) is 3.03. The third kappa shape index (κ3) is 2.08. The van der Waals surface area contributed by atoms with Gasteiger partial charge in [0.25, 0.3) is 0 Å². The van der Waals surface area contributed by atoms with E-state index < -0.39 is 6.10 Å². The van der Waals surface area contributed by atoms with Crippen molar-refractivity contribution in [2.75, 3.05) is 0 Å². The Labute approximate surface area is 117 Å². The lowest BCUT2D eigenvalue weighted by Crippen LogP contribution is -1.98. The zero-order chi connectivity index (χ0) is 14.3. The van der Waals surface area contributed by atoms with Gasteiger partial charge in [-0.05, 0) is 56.2 Å². The van der Waals surface area contributed by atoms with Crippen LogP contribution in [0.1, 0.15) is 29.8 Å². The van der Waals surface area contributed by atoms with Crippen molar-refractivity contribution in [2.45, 2.75) is 26.9 Å². The molecule has 0 aliphatic heterocycles. The van der Waals surface area contributed by atoms with E-state index in [0.29, 0.717) is 5.69 Å². The van der Waals surface area contributed by atoms with Crippen LogP contribution in [-0.4, -0.2) is 19.6 Å². The first-order valence-corrected chi connectivity index (χ1v) is 6.65. The quantitative estimate of drug-likeness (QED) is 0.776. The number of aryl methyl sites for hydroxylation is 2. The molecule has 2 heterocycles. The lowest BCUT2D eigenvalue weighted by atomic mass is 10.1. The zero-order valence-corrected chi connectivity index (χ0v) is 11.8. The number of nitrogens with zero attached hydrogens (tertiary/aromatic N) is 3. The lowest BCUT2D eigenvalue weighted by molar-refractivity contribution is 0.194. The number of imidazole rings is 1. The van der Waals surface area contributed by atoms with Crippen molar-refractivity contribution in [3.8, 4) is 5.69 Å². The van der Waals surface area contributed by atoms with Crippen molar-refractivity contribution in [1.82, 2.24) is 14.5 Å². The van der Waals surface area contributed by atoms with Crippen molar-refractivity contribution in [3.63, 3.8) is 0 Å². The molecule has 0 saturated heterocycles. The summed E-state index contributed by atoms with van der Waals surface area (Å²) in [7, 11) is 0. The molecule has 4 heteroatoms. The Morgan fingerprint density at radius 1 is 1.10 bits per heavy atom. The highest BCUT2D eigenvalue weighted by Crippen LogP contribution is 2.22. The van der Waals surface area contributed by atoms with Crippen LogP contribution in [0.25, 0.3) is 16.7 Å². The van der Waals surface area contributed by atoms with E-state index in [1.54, 1.807) is 13.1 Å². The Balaban J connectivity index is 2.12. The topological polar surface area (TPSA) is 50.9 Å². The molecule has 0 unspecified atom stereocenters. The van der Waals surface area contributed by atoms with Crippen LogP contribution in [0.4, 0.5) is 0 Å². The van der Waals surface area contributed by atoms with Gasteiger partial charge in [0.15, 0.2) is 0 Å². The monoisotopic (exact) mass is 267 g/mol. The Morgan fingerprint density at radius 2 is 1.85 bits per heavy atom. The van der Waals surface area contributed by atoms with Crippen LogP contribution in [0.3, 0.4) is 0 Å². The third-order valence-corrected chi connectivity index (χ3v) is 3.64. The minimum atomic E-state index is -0.548. The van der Waals surface area contributed by atoms with Crippen molar-refractivity contribution in [2.24, 2.45) is 0 Å². The van der Waals surface area contributed by atoms with E-state index in [2.05, 4.69) is 35.9 Å². The van der Waals surface area contributed by atoms with Gasteiger partial charge in [0.2, 0.25) is 0 Å². The molecule has 0 aliphatic rings. The first-order chi connectivity index (χ1) is 9.56. The predicted octanol–water partition coefficient (Wildman–Crippen LogP) is 3.09. The van der Waals surface area contributed by atoms with Crippen LogP contribution in [0.2, 0.25) is 0 Å². The van der Waals surface area contributed by atoms with Gasteiger partial charge in [0.05, 0.1) is 34.7 Å². The fourth-order valence-corrected chi connectivity index (χ4v) is 2.26. The maximum Gasteiger partial charge on any atom is 0.100 e. The summed E-state index contributed by atoms with van der Waals surface area (Å²) in [6.45, 7) is 5.90. The lowest BCUT2D eigenvalue weighted by Gasteiger charge is -2.08. The molecule has 0 radical (unpaired) electrons. The van der Waals surface area contributed by atoms with Gasteiger partial charge in [-0.2, -0.15) is 0 Å². The van der Waals surface area contributed by atoms with Crippen molar-refractivity contribution in [1.29, 1.82) is 0 Å². The number of aliphatic hydroxyl groups excluding tert-OH is 1. The van der Waals surface area contributed by atoms with Crippen LogP contribution < -0.4 is 0 Å². The largest absolute Gasteiger partial charge is 0.387 e. The molecular formula is C16H17N3O. The summed E-state index contributed by atoms with van der Waals surface area (Å²) in [5, 5.41) is 9.50. The number of pyridine rings is 1. The molecule has 0 fully saturated rings. The zero-order valence-electron chi connectivity index (χ0n) is 11.8. The second-order valence-electron chi connectivity index (χ2n) is 5.16. The van der Waals surface area contributed by atoms with E-state index in [0.717, 1.165) is 16.7 Å². The Bertz CT molecular complexity index is 757. The van der Waals surface area contributed by atoms with E-state index in [9.17, 15) is 5.11 Å². The van der Waals surface area contributed by atoms with Crippen molar-refractivity contribution < 1.29 is 5.11 Å². The summed E-state index contributed by atoms with van der Waals surface area (Å²) < 4.78 is 2.01. The van der Waals surface area contributed by atoms with Crippen molar-refractivity contribution in [3.05, 3.63) is 53.6 Å². The van der Waals surface area contributed by atoms with E-state index >= 15 is 0 Å². The molecule has 3 aromatic rings. The average molecular weight is 267 g/mol. The fourth-order valence-electron chi connectivity index (χ4n) is 2.26. The highest BCUT2D eigenvalue weighted by atomic mass is 16.3. The average Bonchev–Trinajstić information content (AvgIpc) is 2.82. The van der Waals surface area contributed by atoms with Gasteiger partial charge in [-0.25, -0.2) is 4.98 Å². The molecule has 1 N–H and O–H groups in total. The Hall–Kier alpha value is -2.20. The summed E-state index contributed by atoms with van der Waals surface area (Å²) in [6.07, 6.45) is 3.02. The SMILES string of the molecule is Cc1cc2ncn(-c3ccc([C@H](C)O)nc3)c2cc1C. The van der Waals surface area contributed by atoms with Crippen LogP contribution in [0.15, 0.2) is 36.8 Å². The summed E-state index contributed by atoms with van der Waals surface area (Å²) in [5.74, 6) is 0. The fraction of sp³-hybridized carbons (Fsp3) is 0.250. The van der Waals surface area contributed by atoms with Crippen LogP contribution >= 0.6 is 0 Å². The second kappa shape index (κ2) is 4.72. The number of fused-ring (bicyclic) bond motifs is 1. The van der Waals surface area contributed by atoms with E-state index in [1.807, 2.05) is 23.0 Å². The highest BCUT2D eigenvalue weighted by Gasteiger charge is 2.08. The number of hydrogen-bond donors (Lipinski definition) is 1. The summed E-state index contributed by atoms with van der Waals surface area (Å²) in [6, 6.07) is 8.03. The number of rotatable bonds is 2. The van der Waals surface area contributed by atoms with Gasteiger partial charge in [-0.1, -0.05) is 0 Å². The minimum absolute atomic E-state index is 0.548. The Morgan fingerprint density at radius 3 is 2.50 bits per heavy atom. The van der Waals surface area contributed by atoms with Gasteiger partial charge >= 0.3 is 0 Å². The molecule has 1 aromatic carbocycles. The molecule has 20 heavy (non-hydrogen) atoms. The van der Waals surface area contributed by atoms with Gasteiger partial charge < -0.3 is 5.11 Å². The molecule has 0 amide bonds. The second-order valence-corrected chi connectivity index (χ2v) is 5.16. The molecule has 2 aromatic heterocycles. The molecule has 102 valence electrons. The summed E-state index contributed by atoms with van der Waals surface area (Å²) in [4.78, 5) is 8.72. The van der Waals surface area contributed by atoms with E-state index in [4.69, 9.17) is 0 Å². The van der Waals surface area contributed by atoms with E-state index in [1.165, 1.54) is 11.1 Å². The first-order valence-electron chi connectivity index (χ1n) is 6.65. The minimum Gasteiger partial charge on any atom is -0.387 e. The molecule has 1 atom stereocenters. The van der Waals surface area contributed by atoms with Gasteiger partial charge in [0, 0.05) is 0 Å². The molecular weight excluding hydrogens is 250 g/mol. The van der Waals surface area contributed by atoms with E-state index in [-0.39, 0.29) is 0 Å². The predicted molar refractivity (Wildman–Crippen MR) is 79.0 cm³/mol.